The number of likely N-dealkylation sites (tertiary alicyclic amines) is 1. The second kappa shape index (κ2) is 7.82. The molecule has 2 rings (SSSR count). The van der Waals surface area contributed by atoms with Crippen LogP contribution in [0.3, 0.4) is 0 Å². The lowest BCUT2D eigenvalue weighted by molar-refractivity contribution is -0.137. The van der Waals surface area contributed by atoms with Gasteiger partial charge in [-0.25, -0.2) is 0 Å². The third-order valence-corrected chi connectivity index (χ3v) is 4.21. The van der Waals surface area contributed by atoms with Crippen molar-refractivity contribution in [3.05, 3.63) is 30.3 Å². The molecule has 1 atom stereocenters. The number of hydrogen-bond donors (Lipinski definition) is 1. The van der Waals surface area contributed by atoms with Crippen LogP contribution in [0.1, 0.15) is 25.7 Å². The lowest BCUT2D eigenvalue weighted by Gasteiger charge is -2.34. The molecule has 1 aliphatic heterocycles. The van der Waals surface area contributed by atoms with Crippen LogP contribution >= 0.6 is 0 Å². The number of carboxylic acid groups (broad SMARTS) is 1. The topological polar surface area (TPSA) is 60.9 Å². The van der Waals surface area contributed by atoms with Crippen LogP contribution in [0, 0.1) is 5.92 Å². The van der Waals surface area contributed by atoms with E-state index >= 15 is 0 Å². The summed E-state index contributed by atoms with van der Waals surface area (Å²) in [5.41, 5.74) is 1.02. The summed E-state index contributed by atoms with van der Waals surface area (Å²) in [6, 6.07) is 9.84. The maximum Gasteiger partial charge on any atom is 0.303 e. The summed E-state index contributed by atoms with van der Waals surface area (Å²) in [5.74, 6) is -0.325. The third kappa shape index (κ3) is 4.76. The number of benzene rings is 1. The van der Waals surface area contributed by atoms with Crippen molar-refractivity contribution in [3.8, 4) is 0 Å². The molecule has 1 aromatic rings. The highest BCUT2D eigenvalue weighted by molar-refractivity contribution is 5.81. The van der Waals surface area contributed by atoms with Gasteiger partial charge < -0.3 is 14.9 Å². The predicted molar refractivity (Wildman–Crippen MR) is 85.9 cm³/mol. The number of aliphatic carboxylic acids is 1. The summed E-state index contributed by atoms with van der Waals surface area (Å²) < 4.78 is 0. The zero-order valence-corrected chi connectivity index (χ0v) is 13.1. The molecule has 0 aromatic heterocycles. The summed E-state index contributed by atoms with van der Waals surface area (Å²) in [6.45, 7) is 1.83. The van der Waals surface area contributed by atoms with Crippen molar-refractivity contribution in [3.63, 3.8) is 0 Å². The first-order chi connectivity index (χ1) is 10.6. The summed E-state index contributed by atoms with van der Waals surface area (Å²) in [4.78, 5) is 26.9. The smallest absolute Gasteiger partial charge is 0.303 e. The SMILES string of the molecule is CN(CC(=O)N1CCCC(CCC(=O)O)C1)c1ccccc1. The summed E-state index contributed by atoms with van der Waals surface area (Å²) in [6.07, 6.45) is 2.83. The van der Waals surface area contributed by atoms with Crippen LogP contribution in [0.2, 0.25) is 0 Å². The Morgan fingerprint density at radius 2 is 2.05 bits per heavy atom. The number of anilines is 1. The van der Waals surface area contributed by atoms with E-state index in [1.54, 1.807) is 0 Å². The van der Waals surface area contributed by atoms with Gasteiger partial charge in [0.1, 0.15) is 0 Å². The molecule has 0 bridgehead atoms. The fraction of sp³-hybridized carbons (Fsp3) is 0.529. The third-order valence-electron chi connectivity index (χ3n) is 4.21. The second-order valence-electron chi connectivity index (χ2n) is 5.97. The first-order valence-electron chi connectivity index (χ1n) is 7.82. The number of para-hydroxylation sites is 1. The van der Waals surface area contributed by atoms with E-state index in [1.807, 2.05) is 47.2 Å². The standard InChI is InChI=1S/C17H24N2O3/c1-18(15-7-3-2-4-8-15)13-16(20)19-11-5-6-14(12-19)9-10-17(21)22/h2-4,7-8,14H,5-6,9-13H2,1H3,(H,21,22). The number of amides is 1. The minimum Gasteiger partial charge on any atom is -0.481 e. The van der Waals surface area contributed by atoms with Crippen molar-refractivity contribution in [2.45, 2.75) is 25.7 Å². The molecule has 1 aromatic carbocycles. The lowest BCUT2D eigenvalue weighted by Crippen LogP contribution is -2.44. The predicted octanol–water partition coefficient (Wildman–Crippen LogP) is 2.23. The number of rotatable bonds is 6. The van der Waals surface area contributed by atoms with Crippen molar-refractivity contribution < 1.29 is 14.7 Å². The number of hydrogen-bond acceptors (Lipinski definition) is 3. The van der Waals surface area contributed by atoms with Crippen LogP contribution in [-0.4, -0.2) is 48.6 Å². The molecule has 1 aliphatic rings. The first-order valence-corrected chi connectivity index (χ1v) is 7.82. The number of likely N-dealkylation sites (N-methyl/N-ethyl adjacent to an activating group) is 1. The minimum absolute atomic E-state index is 0.117. The van der Waals surface area contributed by atoms with E-state index < -0.39 is 5.97 Å². The van der Waals surface area contributed by atoms with Crippen molar-refractivity contribution in [1.82, 2.24) is 4.90 Å². The molecule has 1 heterocycles. The maximum atomic E-state index is 12.4. The van der Waals surface area contributed by atoms with Crippen molar-refractivity contribution >= 4 is 17.6 Å². The molecule has 120 valence electrons. The van der Waals surface area contributed by atoms with E-state index in [1.165, 1.54) is 0 Å². The van der Waals surface area contributed by atoms with Crippen LogP contribution in [0.25, 0.3) is 0 Å². The molecule has 0 spiro atoms. The normalized spacial score (nSPS) is 18.0. The van der Waals surface area contributed by atoms with E-state index in [0.29, 0.717) is 25.4 Å². The molecule has 0 radical (unpaired) electrons. The molecular weight excluding hydrogens is 280 g/mol. The average molecular weight is 304 g/mol. The fourth-order valence-corrected chi connectivity index (χ4v) is 2.93. The van der Waals surface area contributed by atoms with Gasteiger partial charge in [0.2, 0.25) is 5.91 Å². The molecule has 1 amide bonds. The number of piperidine rings is 1. The van der Waals surface area contributed by atoms with Gasteiger partial charge in [-0.15, -0.1) is 0 Å². The quantitative estimate of drug-likeness (QED) is 0.875. The molecule has 1 fully saturated rings. The van der Waals surface area contributed by atoms with Crippen molar-refractivity contribution in [2.24, 2.45) is 5.92 Å². The van der Waals surface area contributed by atoms with Gasteiger partial charge in [-0.3, -0.25) is 9.59 Å². The fourth-order valence-electron chi connectivity index (χ4n) is 2.93. The first kappa shape index (κ1) is 16.3. The van der Waals surface area contributed by atoms with Gasteiger partial charge in [0.15, 0.2) is 0 Å². The van der Waals surface area contributed by atoms with Gasteiger partial charge in [-0.1, -0.05) is 18.2 Å². The van der Waals surface area contributed by atoms with Gasteiger partial charge in [0.25, 0.3) is 0 Å². The Morgan fingerprint density at radius 1 is 1.32 bits per heavy atom. The van der Waals surface area contributed by atoms with E-state index in [-0.39, 0.29) is 12.3 Å². The summed E-state index contributed by atoms with van der Waals surface area (Å²) in [5, 5.41) is 8.78. The highest BCUT2D eigenvalue weighted by atomic mass is 16.4. The Hall–Kier alpha value is -2.04. The number of carboxylic acids is 1. The molecule has 22 heavy (non-hydrogen) atoms. The highest BCUT2D eigenvalue weighted by Gasteiger charge is 2.24. The van der Waals surface area contributed by atoms with Gasteiger partial charge in [-0.2, -0.15) is 0 Å². The molecule has 1 N–H and O–H groups in total. The van der Waals surface area contributed by atoms with Crippen LogP contribution < -0.4 is 4.90 Å². The Labute approximate surface area is 131 Å². The van der Waals surface area contributed by atoms with Gasteiger partial charge in [-0.05, 0) is 37.3 Å². The van der Waals surface area contributed by atoms with Crippen LogP contribution in [0.4, 0.5) is 5.69 Å². The van der Waals surface area contributed by atoms with Crippen LogP contribution in [0.5, 0.6) is 0 Å². The summed E-state index contributed by atoms with van der Waals surface area (Å²) in [7, 11) is 1.92. The zero-order chi connectivity index (χ0) is 15.9. The minimum atomic E-state index is -0.757. The Morgan fingerprint density at radius 3 is 2.73 bits per heavy atom. The molecule has 1 unspecified atom stereocenters. The largest absolute Gasteiger partial charge is 0.481 e. The van der Waals surface area contributed by atoms with E-state index in [4.69, 9.17) is 5.11 Å². The maximum absolute atomic E-state index is 12.4. The lowest BCUT2D eigenvalue weighted by atomic mass is 9.93. The Kier molecular flexibility index (Phi) is 5.81. The van der Waals surface area contributed by atoms with Gasteiger partial charge in [0, 0.05) is 32.2 Å². The molecule has 5 nitrogen and oxygen atoms in total. The van der Waals surface area contributed by atoms with Gasteiger partial charge >= 0.3 is 5.97 Å². The number of carbonyl (C=O) groups is 2. The number of nitrogens with zero attached hydrogens (tertiary/aromatic N) is 2. The molecule has 0 saturated carbocycles. The van der Waals surface area contributed by atoms with Crippen molar-refractivity contribution in [1.29, 1.82) is 0 Å². The average Bonchev–Trinajstić information content (AvgIpc) is 2.54. The van der Waals surface area contributed by atoms with Gasteiger partial charge in [0.05, 0.1) is 6.54 Å². The van der Waals surface area contributed by atoms with E-state index in [0.717, 1.165) is 25.1 Å². The molecular formula is C17H24N2O3. The molecule has 1 saturated heterocycles. The van der Waals surface area contributed by atoms with E-state index in [2.05, 4.69) is 0 Å². The highest BCUT2D eigenvalue weighted by Crippen LogP contribution is 2.21. The zero-order valence-electron chi connectivity index (χ0n) is 13.1. The summed E-state index contributed by atoms with van der Waals surface area (Å²) >= 11 is 0. The van der Waals surface area contributed by atoms with Crippen LogP contribution in [-0.2, 0) is 9.59 Å². The second-order valence-corrected chi connectivity index (χ2v) is 5.97. The number of carbonyl (C=O) groups excluding carboxylic acids is 1. The van der Waals surface area contributed by atoms with Crippen LogP contribution in [0.15, 0.2) is 30.3 Å². The Bertz CT molecular complexity index is 504. The monoisotopic (exact) mass is 304 g/mol. The van der Waals surface area contributed by atoms with Crippen molar-refractivity contribution in [2.75, 3.05) is 31.6 Å². The molecule has 5 heteroatoms. The van der Waals surface area contributed by atoms with E-state index in [9.17, 15) is 9.59 Å². The Balaban J connectivity index is 1.85. The molecule has 0 aliphatic carbocycles.